The van der Waals surface area contributed by atoms with E-state index in [9.17, 15) is 10.1 Å². The first-order chi connectivity index (χ1) is 14.0. The van der Waals surface area contributed by atoms with Gasteiger partial charge in [0.05, 0.1) is 18.6 Å². The van der Waals surface area contributed by atoms with Crippen molar-refractivity contribution in [2.24, 2.45) is 0 Å². The summed E-state index contributed by atoms with van der Waals surface area (Å²) in [5.41, 5.74) is 6.68. The fraction of sp³-hybridized carbons (Fsp3) is 0.158. The van der Waals surface area contributed by atoms with Crippen LogP contribution in [-0.2, 0) is 0 Å². The van der Waals surface area contributed by atoms with Crippen molar-refractivity contribution in [2.45, 2.75) is 6.92 Å². The second-order valence-corrected chi connectivity index (χ2v) is 5.82. The maximum absolute atomic E-state index is 11.5. The zero-order valence-corrected chi connectivity index (χ0v) is 15.9. The van der Waals surface area contributed by atoms with Crippen LogP contribution in [0.4, 0.5) is 34.6 Å². The topological polar surface area (TPSA) is 137 Å². The summed E-state index contributed by atoms with van der Waals surface area (Å²) in [5.74, 6) is 1.22. The molecule has 1 aromatic heterocycles. The van der Waals surface area contributed by atoms with Crippen molar-refractivity contribution in [3.63, 3.8) is 0 Å². The number of nitro groups is 1. The smallest absolute Gasteiger partial charge is 0.353 e. The standard InChI is InChI=1S/C19H20N6O4/c1-3-29-15-10-6-13(7-11-15)22-19-23-17(20)16(25(26)27)18(24-19)21-12-4-8-14(28-2)9-5-12/h4-11H,3H2,1-2H3,(H4,20,21,22,23,24). The van der Waals surface area contributed by atoms with E-state index in [4.69, 9.17) is 15.2 Å². The fourth-order valence-electron chi connectivity index (χ4n) is 2.54. The molecule has 0 spiro atoms. The Labute approximate surface area is 166 Å². The largest absolute Gasteiger partial charge is 0.497 e. The van der Waals surface area contributed by atoms with Gasteiger partial charge >= 0.3 is 5.69 Å². The summed E-state index contributed by atoms with van der Waals surface area (Å²) < 4.78 is 10.5. The molecule has 0 amide bonds. The van der Waals surface area contributed by atoms with Gasteiger partial charge in [0.2, 0.25) is 17.6 Å². The van der Waals surface area contributed by atoms with Crippen LogP contribution in [0.15, 0.2) is 48.5 Å². The van der Waals surface area contributed by atoms with E-state index in [2.05, 4.69) is 20.6 Å². The Kier molecular flexibility index (Phi) is 5.93. The Bertz CT molecular complexity index is 993. The lowest BCUT2D eigenvalue weighted by Crippen LogP contribution is -2.08. The molecule has 0 saturated carbocycles. The minimum Gasteiger partial charge on any atom is -0.497 e. The molecule has 1 heterocycles. The first-order valence-electron chi connectivity index (χ1n) is 8.73. The van der Waals surface area contributed by atoms with Crippen LogP contribution in [0, 0.1) is 10.1 Å². The average Bonchev–Trinajstić information content (AvgIpc) is 2.70. The van der Waals surface area contributed by atoms with Crippen molar-refractivity contribution < 1.29 is 14.4 Å². The Hall–Kier alpha value is -4.08. The quantitative estimate of drug-likeness (QED) is 0.383. The van der Waals surface area contributed by atoms with E-state index in [1.165, 1.54) is 0 Å². The SMILES string of the molecule is CCOc1ccc(Nc2nc(N)c([N+](=O)[O-])c(Nc3ccc(OC)cc3)n2)cc1. The van der Waals surface area contributed by atoms with Crippen LogP contribution in [0.2, 0.25) is 0 Å². The van der Waals surface area contributed by atoms with Gasteiger partial charge in [-0.05, 0) is 55.5 Å². The van der Waals surface area contributed by atoms with E-state index < -0.39 is 10.6 Å². The average molecular weight is 396 g/mol. The summed E-state index contributed by atoms with van der Waals surface area (Å²) in [4.78, 5) is 19.1. The molecule has 0 aliphatic carbocycles. The van der Waals surface area contributed by atoms with Crippen molar-refractivity contribution in [1.82, 2.24) is 9.97 Å². The molecule has 0 atom stereocenters. The van der Waals surface area contributed by atoms with E-state index in [1.807, 2.05) is 6.92 Å². The van der Waals surface area contributed by atoms with Gasteiger partial charge in [-0.3, -0.25) is 10.1 Å². The molecule has 150 valence electrons. The van der Waals surface area contributed by atoms with Gasteiger partial charge in [-0.2, -0.15) is 9.97 Å². The molecule has 3 rings (SSSR count). The van der Waals surface area contributed by atoms with Gasteiger partial charge in [0.25, 0.3) is 0 Å². The first-order valence-corrected chi connectivity index (χ1v) is 8.73. The molecule has 0 bridgehead atoms. The highest BCUT2D eigenvalue weighted by atomic mass is 16.6. The van der Waals surface area contributed by atoms with Crippen LogP contribution in [-0.4, -0.2) is 28.6 Å². The molecule has 29 heavy (non-hydrogen) atoms. The predicted molar refractivity (Wildman–Crippen MR) is 110 cm³/mol. The molecule has 10 nitrogen and oxygen atoms in total. The molecular weight excluding hydrogens is 376 g/mol. The first kappa shape index (κ1) is 19.7. The van der Waals surface area contributed by atoms with Crippen LogP contribution < -0.4 is 25.8 Å². The number of nitrogen functional groups attached to an aromatic ring is 1. The summed E-state index contributed by atoms with van der Waals surface area (Å²) in [5, 5.41) is 17.3. The number of anilines is 5. The molecule has 0 radical (unpaired) electrons. The highest BCUT2D eigenvalue weighted by Crippen LogP contribution is 2.32. The zero-order chi connectivity index (χ0) is 20.8. The molecule has 2 aromatic carbocycles. The summed E-state index contributed by atoms with van der Waals surface area (Å²) in [6.45, 7) is 2.46. The number of aromatic nitrogens is 2. The zero-order valence-electron chi connectivity index (χ0n) is 15.9. The van der Waals surface area contributed by atoms with Crippen molar-refractivity contribution in [3.05, 3.63) is 58.6 Å². The Morgan fingerprint density at radius 2 is 1.59 bits per heavy atom. The van der Waals surface area contributed by atoms with E-state index in [0.29, 0.717) is 23.7 Å². The number of nitrogens with one attached hydrogen (secondary N) is 2. The molecule has 0 aliphatic heterocycles. The molecule has 0 aliphatic rings. The van der Waals surface area contributed by atoms with E-state index >= 15 is 0 Å². The molecule has 10 heteroatoms. The number of nitrogens with two attached hydrogens (primary N) is 1. The third-order valence-corrected chi connectivity index (χ3v) is 3.87. The van der Waals surface area contributed by atoms with Gasteiger partial charge in [-0.25, -0.2) is 0 Å². The molecule has 0 fully saturated rings. The summed E-state index contributed by atoms with van der Waals surface area (Å²) in [7, 11) is 1.55. The summed E-state index contributed by atoms with van der Waals surface area (Å²) in [6.07, 6.45) is 0. The fourth-order valence-corrected chi connectivity index (χ4v) is 2.54. The second kappa shape index (κ2) is 8.74. The highest BCUT2D eigenvalue weighted by Gasteiger charge is 2.23. The number of nitrogens with zero attached hydrogens (tertiary/aromatic N) is 3. The van der Waals surface area contributed by atoms with Crippen LogP contribution in [0.1, 0.15) is 6.92 Å². The lowest BCUT2D eigenvalue weighted by molar-refractivity contribution is -0.383. The number of methoxy groups -OCH3 is 1. The van der Waals surface area contributed by atoms with Crippen molar-refractivity contribution >= 4 is 34.6 Å². The third-order valence-electron chi connectivity index (χ3n) is 3.87. The summed E-state index contributed by atoms with van der Waals surface area (Å²) >= 11 is 0. The number of hydrogen-bond donors (Lipinski definition) is 3. The lowest BCUT2D eigenvalue weighted by Gasteiger charge is -2.11. The van der Waals surface area contributed by atoms with Gasteiger partial charge < -0.3 is 25.8 Å². The number of rotatable bonds is 8. The van der Waals surface area contributed by atoms with E-state index in [0.717, 1.165) is 5.75 Å². The monoisotopic (exact) mass is 396 g/mol. The predicted octanol–water partition coefficient (Wildman–Crippen LogP) is 3.86. The van der Waals surface area contributed by atoms with Crippen LogP contribution in [0.25, 0.3) is 0 Å². The molecule has 0 saturated heterocycles. The Balaban J connectivity index is 1.89. The van der Waals surface area contributed by atoms with E-state index in [1.54, 1.807) is 55.6 Å². The second-order valence-electron chi connectivity index (χ2n) is 5.82. The molecule has 3 aromatic rings. The van der Waals surface area contributed by atoms with Crippen LogP contribution >= 0.6 is 0 Å². The van der Waals surface area contributed by atoms with Crippen molar-refractivity contribution in [3.8, 4) is 11.5 Å². The third kappa shape index (κ3) is 4.80. The van der Waals surface area contributed by atoms with Gasteiger partial charge in [-0.1, -0.05) is 0 Å². The number of hydrogen-bond acceptors (Lipinski definition) is 9. The number of benzene rings is 2. The van der Waals surface area contributed by atoms with Gasteiger partial charge in [0, 0.05) is 11.4 Å². The Morgan fingerprint density at radius 3 is 2.14 bits per heavy atom. The minimum absolute atomic E-state index is 0.0268. The van der Waals surface area contributed by atoms with Crippen molar-refractivity contribution in [2.75, 3.05) is 30.1 Å². The summed E-state index contributed by atoms with van der Waals surface area (Å²) in [6, 6.07) is 14.0. The maximum Gasteiger partial charge on any atom is 0.353 e. The molecule has 4 N–H and O–H groups in total. The minimum atomic E-state index is -0.623. The normalized spacial score (nSPS) is 10.3. The van der Waals surface area contributed by atoms with Gasteiger partial charge in [0.15, 0.2) is 0 Å². The Morgan fingerprint density at radius 1 is 1.00 bits per heavy atom. The van der Waals surface area contributed by atoms with Gasteiger partial charge in [-0.15, -0.1) is 0 Å². The maximum atomic E-state index is 11.5. The van der Waals surface area contributed by atoms with Gasteiger partial charge in [0.1, 0.15) is 11.5 Å². The van der Waals surface area contributed by atoms with Crippen LogP contribution in [0.3, 0.4) is 0 Å². The molecule has 0 unspecified atom stereocenters. The lowest BCUT2D eigenvalue weighted by atomic mass is 10.3. The van der Waals surface area contributed by atoms with Crippen LogP contribution in [0.5, 0.6) is 11.5 Å². The van der Waals surface area contributed by atoms with E-state index in [-0.39, 0.29) is 17.6 Å². The molecular formula is C19H20N6O4. The highest BCUT2D eigenvalue weighted by molar-refractivity contribution is 5.75. The van der Waals surface area contributed by atoms with Crippen molar-refractivity contribution in [1.29, 1.82) is 0 Å². The number of ether oxygens (including phenoxy) is 2.